The molecule has 2 aromatic rings. The lowest BCUT2D eigenvalue weighted by atomic mass is 10.2. The highest BCUT2D eigenvalue weighted by molar-refractivity contribution is 5.92. The lowest BCUT2D eigenvalue weighted by molar-refractivity contribution is 0.0945. The number of nitrogens with zero attached hydrogens (tertiary/aromatic N) is 2. The minimum atomic E-state index is -0.261. The molecule has 0 spiro atoms. The molecule has 0 radical (unpaired) electrons. The number of carbonyl (C=O) groups excluding carboxylic acids is 1. The summed E-state index contributed by atoms with van der Waals surface area (Å²) < 4.78 is 5.27. The number of aryl methyl sites for hydroxylation is 1. The van der Waals surface area contributed by atoms with Gasteiger partial charge < -0.3 is 15.4 Å². The van der Waals surface area contributed by atoms with Crippen LogP contribution in [0.1, 0.15) is 21.9 Å². The van der Waals surface area contributed by atoms with E-state index in [1.807, 2.05) is 24.3 Å². The van der Waals surface area contributed by atoms with Crippen molar-refractivity contribution in [1.29, 1.82) is 0 Å². The second-order valence-electron chi connectivity index (χ2n) is 4.85. The Labute approximate surface area is 135 Å². The lowest BCUT2D eigenvalue weighted by Crippen LogP contribution is -2.24. The van der Waals surface area contributed by atoms with Crippen molar-refractivity contribution in [2.75, 3.05) is 19.0 Å². The van der Waals surface area contributed by atoms with E-state index in [1.165, 1.54) is 0 Å². The van der Waals surface area contributed by atoms with Gasteiger partial charge in [0.05, 0.1) is 7.11 Å². The third-order valence-electron chi connectivity index (χ3n) is 3.13. The van der Waals surface area contributed by atoms with Crippen LogP contribution < -0.4 is 15.4 Å². The molecule has 1 aromatic carbocycles. The number of hydrogen-bond donors (Lipinski definition) is 2. The first-order valence-electron chi connectivity index (χ1n) is 7.24. The first-order valence-corrected chi connectivity index (χ1v) is 7.24. The Hall–Kier alpha value is -2.89. The van der Waals surface area contributed by atoms with Gasteiger partial charge >= 0.3 is 0 Å². The Bertz CT molecular complexity index is 701. The zero-order valence-electron chi connectivity index (χ0n) is 13.3. The van der Waals surface area contributed by atoms with E-state index in [0.29, 0.717) is 30.4 Å². The fourth-order valence-corrected chi connectivity index (χ4v) is 2.07. The summed E-state index contributed by atoms with van der Waals surface area (Å²) in [5.41, 5.74) is 1.22. The molecule has 6 nitrogen and oxygen atoms in total. The number of carbonyl (C=O) groups is 1. The number of hydrogen-bond acceptors (Lipinski definition) is 5. The van der Waals surface area contributed by atoms with Crippen molar-refractivity contribution in [3.8, 4) is 5.75 Å². The van der Waals surface area contributed by atoms with E-state index in [-0.39, 0.29) is 5.91 Å². The zero-order valence-corrected chi connectivity index (χ0v) is 13.3. The second-order valence-corrected chi connectivity index (χ2v) is 4.85. The van der Waals surface area contributed by atoms with Gasteiger partial charge in [-0.25, -0.2) is 9.97 Å². The van der Waals surface area contributed by atoms with Crippen molar-refractivity contribution in [3.05, 3.63) is 60.1 Å². The molecule has 23 heavy (non-hydrogen) atoms. The summed E-state index contributed by atoms with van der Waals surface area (Å²) in [6.45, 7) is 6.31. The molecule has 0 saturated carbocycles. The van der Waals surface area contributed by atoms with Gasteiger partial charge in [0, 0.05) is 24.7 Å². The quantitative estimate of drug-likeness (QED) is 0.767. The predicted octanol–water partition coefficient (Wildman–Crippen LogP) is 2.32. The van der Waals surface area contributed by atoms with Crippen molar-refractivity contribution in [2.45, 2.75) is 13.5 Å². The molecule has 0 saturated heterocycles. The summed E-state index contributed by atoms with van der Waals surface area (Å²) in [7, 11) is 1.60. The van der Waals surface area contributed by atoms with Crippen molar-refractivity contribution in [3.63, 3.8) is 0 Å². The summed E-state index contributed by atoms with van der Waals surface area (Å²) in [6.07, 6.45) is 1.72. The smallest absolute Gasteiger partial charge is 0.270 e. The number of methoxy groups -OCH3 is 1. The fourth-order valence-electron chi connectivity index (χ4n) is 2.07. The normalized spacial score (nSPS) is 10.0. The summed E-state index contributed by atoms with van der Waals surface area (Å²) >= 11 is 0. The van der Waals surface area contributed by atoms with Gasteiger partial charge in [0.25, 0.3) is 5.91 Å². The number of aromatic nitrogens is 2. The highest BCUT2D eigenvalue weighted by Gasteiger charge is 2.11. The maximum absolute atomic E-state index is 12.3. The molecule has 2 N–H and O–H groups in total. The van der Waals surface area contributed by atoms with Gasteiger partial charge in [0.15, 0.2) is 0 Å². The first kappa shape index (κ1) is 16.5. The van der Waals surface area contributed by atoms with Gasteiger partial charge in [0.2, 0.25) is 0 Å². The standard InChI is InChI=1S/C17H20N4O2/c1-4-9-18-16-10-14(20-12(2)21-16)17(22)19-11-13-7-5-6-8-15(13)23-3/h4-8,10H,1,9,11H2,2-3H3,(H,19,22)(H,18,20,21). The van der Waals surface area contributed by atoms with Crippen LogP contribution in [-0.4, -0.2) is 29.5 Å². The number of nitrogens with one attached hydrogen (secondary N) is 2. The summed E-state index contributed by atoms with van der Waals surface area (Å²) in [4.78, 5) is 20.7. The largest absolute Gasteiger partial charge is 0.496 e. The minimum Gasteiger partial charge on any atom is -0.496 e. The fraction of sp³-hybridized carbons (Fsp3) is 0.235. The number of anilines is 1. The van der Waals surface area contributed by atoms with Crippen LogP contribution in [-0.2, 0) is 6.54 Å². The van der Waals surface area contributed by atoms with E-state index >= 15 is 0 Å². The molecule has 1 heterocycles. The number of ether oxygens (including phenoxy) is 1. The average Bonchev–Trinajstić information content (AvgIpc) is 2.57. The van der Waals surface area contributed by atoms with Crippen LogP contribution in [0.25, 0.3) is 0 Å². The molecule has 1 aromatic heterocycles. The Kier molecular flexibility index (Phi) is 5.68. The van der Waals surface area contributed by atoms with Crippen molar-refractivity contribution < 1.29 is 9.53 Å². The molecule has 120 valence electrons. The van der Waals surface area contributed by atoms with Crippen LogP contribution >= 0.6 is 0 Å². The highest BCUT2D eigenvalue weighted by atomic mass is 16.5. The molecule has 6 heteroatoms. The highest BCUT2D eigenvalue weighted by Crippen LogP contribution is 2.17. The number of benzene rings is 1. The average molecular weight is 312 g/mol. The number of amides is 1. The SMILES string of the molecule is C=CCNc1cc(C(=O)NCc2ccccc2OC)nc(C)n1. The Morgan fingerprint density at radius 1 is 1.35 bits per heavy atom. The van der Waals surface area contributed by atoms with E-state index in [9.17, 15) is 4.79 Å². The topological polar surface area (TPSA) is 76.1 Å². The van der Waals surface area contributed by atoms with E-state index in [4.69, 9.17) is 4.74 Å². The van der Waals surface area contributed by atoms with Crippen LogP contribution in [0, 0.1) is 6.92 Å². The maximum Gasteiger partial charge on any atom is 0.270 e. The van der Waals surface area contributed by atoms with Crippen molar-refractivity contribution >= 4 is 11.7 Å². The van der Waals surface area contributed by atoms with Gasteiger partial charge in [-0.3, -0.25) is 4.79 Å². The molecule has 0 aliphatic rings. The minimum absolute atomic E-state index is 0.261. The summed E-state index contributed by atoms with van der Waals surface area (Å²) in [5.74, 6) is 1.60. The van der Waals surface area contributed by atoms with E-state index in [0.717, 1.165) is 11.3 Å². The maximum atomic E-state index is 12.3. The number of para-hydroxylation sites is 1. The monoisotopic (exact) mass is 312 g/mol. The van der Waals surface area contributed by atoms with E-state index < -0.39 is 0 Å². The van der Waals surface area contributed by atoms with Crippen molar-refractivity contribution in [2.24, 2.45) is 0 Å². The molecule has 0 aliphatic carbocycles. The lowest BCUT2D eigenvalue weighted by Gasteiger charge is -2.10. The van der Waals surface area contributed by atoms with Crippen LogP contribution in [0.15, 0.2) is 43.0 Å². The van der Waals surface area contributed by atoms with Gasteiger partial charge in [-0.05, 0) is 13.0 Å². The summed E-state index contributed by atoms with van der Waals surface area (Å²) in [5, 5.41) is 5.90. The van der Waals surface area contributed by atoms with Gasteiger partial charge in [-0.15, -0.1) is 6.58 Å². The molecule has 0 aliphatic heterocycles. The molecule has 1 amide bonds. The predicted molar refractivity (Wildman–Crippen MR) is 89.6 cm³/mol. The van der Waals surface area contributed by atoms with Crippen LogP contribution in [0.4, 0.5) is 5.82 Å². The van der Waals surface area contributed by atoms with Gasteiger partial charge in [0.1, 0.15) is 23.1 Å². The van der Waals surface area contributed by atoms with Crippen LogP contribution in [0.5, 0.6) is 5.75 Å². The third-order valence-corrected chi connectivity index (χ3v) is 3.13. The Morgan fingerprint density at radius 3 is 2.87 bits per heavy atom. The third kappa shape index (κ3) is 4.54. The summed E-state index contributed by atoms with van der Waals surface area (Å²) in [6, 6.07) is 9.16. The van der Waals surface area contributed by atoms with Crippen LogP contribution in [0.2, 0.25) is 0 Å². The Morgan fingerprint density at radius 2 is 2.13 bits per heavy atom. The first-order chi connectivity index (χ1) is 11.1. The molecular weight excluding hydrogens is 292 g/mol. The Balaban J connectivity index is 2.08. The molecule has 0 bridgehead atoms. The van der Waals surface area contributed by atoms with Crippen LogP contribution in [0.3, 0.4) is 0 Å². The second kappa shape index (κ2) is 7.93. The van der Waals surface area contributed by atoms with Gasteiger partial charge in [-0.1, -0.05) is 24.3 Å². The molecule has 0 unspecified atom stereocenters. The molecule has 0 fully saturated rings. The van der Waals surface area contributed by atoms with Crippen molar-refractivity contribution in [1.82, 2.24) is 15.3 Å². The van der Waals surface area contributed by atoms with E-state index in [2.05, 4.69) is 27.2 Å². The number of rotatable bonds is 7. The zero-order chi connectivity index (χ0) is 16.7. The molecule has 0 atom stereocenters. The molecule has 2 rings (SSSR count). The van der Waals surface area contributed by atoms with E-state index in [1.54, 1.807) is 26.2 Å². The molecular formula is C17H20N4O2. The van der Waals surface area contributed by atoms with Gasteiger partial charge in [-0.2, -0.15) is 0 Å².